The molecule has 6 heteroatoms. The van der Waals surface area contributed by atoms with E-state index in [0.717, 1.165) is 37.0 Å². The van der Waals surface area contributed by atoms with Crippen LogP contribution in [0.1, 0.15) is 50.8 Å². The van der Waals surface area contributed by atoms with E-state index < -0.39 is 11.1 Å². The summed E-state index contributed by atoms with van der Waals surface area (Å²) in [6, 6.07) is 0. The lowest BCUT2D eigenvalue weighted by atomic mass is 9.76. The summed E-state index contributed by atoms with van der Waals surface area (Å²) in [6.45, 7) is 4.05. The van der Waals surface area contributed by atoms with Gasteiger partial charge in [0, 0.05) is 11.1 Å². The third kappa shape index (κ3) is 2.35. The zero-order valence-corrected chi connectivity index (χ0v) is 13.3. The Kier molecular flexibility index (Phi) is 3.51. The fourth-order valence-corrected chi connectivity index (χ4v) is 4.02. The second-order valence-electron chi connectivity index (χ2n) is 6.53. The van der Waals surface area contributed by atoms with E-state index in [1.165, 1.54) is 11.3 Å². The van der Waals surface area contributed by atoms with Gasteiger partial charge < -0.3 is 10.2 Å². The molecule has 1 spiro atoms. The number of thiazole rings is 1. The van der Waals surface area contributed by atoms with Crippen LogP contribution in [0, 0.1) is 0 Å². The van der Waals surface area contributed by atoms with E-state index in [0.29, 0.717) is 6.54 Å². The number of rotatable bonds is 2. The first-order valence-electron chi connectivity index (χ1n) is 7.48. The summed E-state index contributed by atoms with van der Waals surface area (Å²) in [5.74, 6) is 0.0220. The summed E-state index contributed by atoms with van der Waals surface area (Å²) in [5.41, 5.74) is 0.280. The highest BCUT2D eigenvalue weighted by atomic mass is 32.1. The predicted molar refractivity (Wildman–Crippen MR) is 80.7 cm³/mol. The third-order valence-corrected chi connectivity index (χ3v) is 5.39. The summed E-state index contributed by atoms with van der Waals surface area (Å²) in [5, 5.41) is 2.93. The molecule has 5 nitrogen and oxygen atoms in total. The minimum Gasteiger partial charge on any atom is -0.340 e. The van der Waals surface area contributed by atoms with E-state index in [4.69, 9.17) is 0 Å². The molecule has 0 bridgehead atoms. The number of nitrogens with one attached hydrogen (secondary N) is 1. The number of amides is 2. The van der Waals surface area contributed by atoms with E-state index in [9.17, 15) is 9.59 Å². The van der Waals surface area contributed by atoms with Crippen molar-refractivity contribution in [1.82, 2.24) is 15.2 Å². The Morgan fingerprint density at radius 2 is 2.00 bits per heavy atom. The smallest absolute Gasteiger partial charge is 0.248 e. The molecule has 2 fully saturated rings. The zero-order chi connectivity index (χ0) is 15.1. The topological polar surface area (TPSA) is 62.3 Å². The van der Waals surface area contributed by atoms with Crippen molar-refractivity contribution < 1.29 is 9.59 Å². The zero-order valence-electron chi connectivity index (χ0n) is 12.5. The molecule has 1 saturated heterocycles. The summed E-state index contributed by atoms with van der Waals surface area (Å²) >= 11 is 1.53. The molecular formula is C15H21N3O2S. The molecule has 0 unspecified atom stereocenters. The van der Waals surface area contributed by atoms with Crippen LogP contribution in [0.15, 0.2) is 11.7 Å². The first kappa shape index (κ1) is 14.5. The van der Waals surface area contributed by atoms with E-state index in [2.05, 4.69) is 10.3 Å². The van der Waals surface area contributed by atoms with E-state index in [1.807, 2.05) is 4.90 Å². The Balaban J connectivity index is 1.98. The predicted octanol–water partition coefficient (Wildman–Crippen LogP) is 2.08. The van der Waals surface area contributed by atoms with Crippen LogP contribution in [0.5, 0.6) is 0 Å². The number of carbonyl (C=O) groups is 2. The largest absolute Gasteiger partial charge is 0.340 e. The number of aromatic nitrogens is 1. The fraction of sp³-hybridized carbons (Fsp3) is 0.667. The van der Waals surface area contributed by atoms with E-state index in [1.54, 1.807) is 25.6 Å². The van der Waals surface area contributed by atoms with Gasteiger partial charge in [-0.2, -0.15) is 0 Å². The highest BCUT2D eigenvalue weighted by molar-refractivity contribution is 7.09. The van der Waals surface area contributed by atoms with E-state index >= 15 is 0 Å². The third-order valence-electron chi connectivity index (χ3n) is 4.62. The van der Waals surface area contributed by atoms with Gasteiger partial charge in [-0.1, -0.05) is 19.3 Å². The number of piperazine rings is 1. The number of hydrogen-bond acceptors (Lipinski definition) is 4. The standard InChI is InChI=1S/C15H21N3O2S/c1-14(2)13(20)18(9-11-8-16-10-21-11)15(12(19)17-14)6-4-3-5-7-15/h8,10H,3-7,9H2,1-2H3,(H,17,19). The van der Waals surface area contributed by atoms with Gasteiger partial charge >= 0.3 is 0 Å². The first-order chi connectivity index (χ1) is 9.96. The van der Waals surface area contributed by atoms with Crippen molar-refractivity contribution in [3.63, 3.8) is 0 Å². The molecule has 21 heavy (non-hydrogen) atoms. The highest BCUT2D eigenvalue weighted by Crippen LogP contribution is 2.39. The summed E-state index contributed by atoms with van der Waals surface area (Å²) in [4.78, 5) is 32.6. The van der Waals surface area contributed by atoms with Crippen LogP contribution in [0.3, 0.4) is 0 Å². The maximum atomic E-state index is 12.9. The van der Waals surface area contributed by atoms with Gasteiger partial charge in [0.2, 0.25) is 11.8 Å². The Hall–Kier alpha value is -1.43. The maximum absolute atomic E-state index is 12.9. The molecule has 0 aromatic carbocycles. The van der Waals surface area contributed by atoms with Crippen molar-refractivity contribution in [3.05, 3.63) is 16.6 Å². The number of carbonyl (C=O) groups excluding carboxylic acids is 2. The fourth-order valence-electron chi connectivity index (χ4n) is 3.44. The molecule has 0 radical (unpaired) electrons. The average molecular weight is 307 g/mol. The van der Waals surface area contributed by atoms with Crippen molar-refractivity contribution in [2.24, 2.45) is 0 Å². The summed E-state index contributed by atoms with van der Waals surface area (Å²) < 4.78 is 0. The lowest BCUT2D eigenvalue weighted by molar-refractivity contribution is -0.165. The van der Waals surface area contributed by atoms with Crippen molar-refractivity contribution in [2.45, 2.75) is 63.6 Å². The quantitative estimate of drug-likeness (QED) is 0.910. The van der Waals surface area contributed by atoms with Crippen molar-refractivity contribution in [1.29, 1.82) is 0 Å². The molecule has 1 aliphatic heterocycles. The van der Waals surface area contributed by atoms with Gasteiger partial charge in [0.15, 0.2) is 0 Å². The van der Waals surface area contributed by atoms with Gasteiger partial charge in [0.1, 0.15) is 11.1 Å². The first-order valence-corrected chi connectivity index (χ1v) is 8.36. The lowest BCUT2D eigenvalue weighted by Gasteiger charge is -2.52. The van der Waals surface area contributed by atoms with Crippen molar-refractivity contribution >= 4 is 23.2 Å². The lowest BCUT2D eigenvalue weighted by Crippen LogP contribution is -2.74. The molecule has 2 amide bonds. The monoisotopic (exact) mass is 307 g/mol. The molecule has 1 saturated carbocycles. The van der Waals surface area contributed by atoms with Crippen LogP contribution in [0.4, 0.5) is 0 Å². The molecule has 3 rings (SSSR count). The summed E-state index contributed by atoms with van der Waals surface area (Å²) in [6.07, 6.45) is 6.45. The van der Waals surface area contributed by atoms with Crippen LogP contribution in [-0.4, -0.2) is 32.8 Å². The number of hydrogen-bond donors (Lipinski definition) is 1. The summed E-state index contributed by atoms with van der Waals surface area (Å²) in [7, 11) is 0. The van der Waals surface area contributed by atoms with Gasteiger partial charge in [0.25, 0.3) is 0 Å². The normalized spacial score (nSPS) is 24.2. The van der Waals surface area contributed by atoms with E-state index in [-0.39, 0.29) is 11.8 Å². The van der Waals surface area contributed by atoms with Crippen LogP contribution < -0.4 is 5.32 Å². The van der Waals surface area contributed by atoms with Crippen molar-refractivity contribution in [3.8, 4) is 0 Å². The molecule has 0 atom stereocenters. The number of nitrogens with zero attached hydrogens (tertiary/aromatic N) is 2. The SMILES string of the molecule is CC1(C)NC(=O)C2(CCCCC2)N(Cc2cncs2)C1=O. The Labute approximate surface area is 128 Å². The molecular weight excluding hydrogens is 286 g/mol. The second-order valence-corrected chi connectivity index (χ2v) is 7.50. The van der Waals surface area contributed by atoms with Gasteiger partial charge in [0.05, 0.1) is 12.1 Å². The molecule has 2 heterocycles. The molecule has 1 aromatic heterocycles. The second kappa shape index (κ2) is 5.09. The molecule has 1 N–H and O–H groups in total. The Morgan fingerprint density at radius 3 is 2.62 bits per heavy atom. The van der Waals surface area contributed by atoms with Gasteiger partial charge in [-0.3, -0.25) is 14.6 Å². The maximum Gasteiger partial charge on any atom is 0.248 e. The highest BCUT2D eigenvalue weighted by Gasteiger charge is 2.55. The van der Waals surface area contributed by atoms with Crippen LogP contribution >= 0.6 is 11.3 Å². The molecule has 114 valence electrons. The van der Waals surface area contributed by atoms with Gasteiger partial charge in [-0.25, -0.2) is 0 Å². The molecule has 1 aliphatic carbocycles. The Morgan fingerprint density at radius 1 is 1.29 bits per heavy atom. The van der Waals surface area contributed by atoms with Crippen molar-refractivity contribution in [2.75, 3.05) is 0 Å². The molecule has 2 aliphatic rings. The minimum atomic E-state index is -0.829. The van der Waals surface area contributed by atoms with Gasteiger partial charge in [-0.05, 0) is 26.7 Å². The van der Waals surface area contributed by atoms with Crippen LogP contribution in [0.2, 0.25) is 0 Å². The van der Waals surface area contributed by atoms with Crippen LogP contribution in [0.25, 0.3) is 0 Å². The van der Waals surface area contributed by atoms with Gasteiger partial charge in [-0.15, -0.1) is 11.3 Å². The van der Waals surface area contributed by atoms with Crippen LogP contribution in [-0.2, 0) is 16.1 Å². The minimum absolute atomic E-state index is 0.0105. The molecule has 1 aromatic rings. The average Bonchev–Trinajstić information content (AvgIpc) is 2.96. The Bertz CT molecular complexity index is 547.